The molecule has 1 heterocycles. The molecule has 0 saturated carbocycles. The zero-order valence-corrected chi connectivity index (χ0v) is 11.9. The Hall–Kier alpha value is -1.66. The Kier molecular flexibility index (Phi) is 4.34. The minimum Gasteiger partial charge on any atom is -0.468 e. The van der Waals surface area contributed by atoms with Gasteiger partial charge in [0.05, 0.1) is 4.92 Å². The smallest absolute Gasteiger partial charge is 0.332 e. The molecular formula is C12H8BrClN2O3. The van der Waals surface area contributed by atoms with E-state index in [0.717, 1.165) is 5.56 Å². The molecule has 0 atom stereocenters. The summed E-state index contributed by atoms with van der Waals surface area (Å²) >= 11 is 9.10. The van der Waals surface area contributed by atoms with E-state index in [1.807, 2.05) is 6.07 Å². The largest absolute Gasteiger partial charge is 0.468 e. The molecule has 1 aromatic heterocycles. The maximum absolute atomic E-state index is 10.9. The van der Waals surface area contributed by atoms with Crippen molar-refractivity contribution in [2.24, 2.45) is 0 Å². The van der Waals surface area contributed by atoms with Gasteiger partial charge in [0.15, 0.2) is 0 Å². The van der Waals surface area contributed by atoms with E-state index in [2.05, 4.69) is 20.9 Å². The Balaban J connectivity index is 2.20. The van der Waals surface area contributed by atoms with Gasteiger partial charge in [0, 0.05) is 27.3 Å². The minimum absolute atomic E-state index is 0.0341. The second-order valence-corrected chi connectivity index (χ2v) is 4.94. The molecule has 0 aliphatic heterocycles. The number of aromatic nitrogens is 1. The van der Waals surface area contributed by atoms with Gasteiger partial charge in [0.2, 0.25) is 0 Å². The highest BCUT2D eigenvalue weighted by Crippen LogP contribution is 2.28. The first kappa shape index (κ1) is 13.8. The molecular weight excluding hydrogens is 336 g/mol. The van der Waals surface area contributed by atoms with E-state index in [0.29, 0.717) is 9.50 Å². The van der Waals surface area contributed by atoms with Crippen molar-refractivity contribution in [1.29, 1.82) is 0 Å². The van der Waals surface area contributed by atoms with Gasteiger partial charge in [-0.25, -0.2) is 4.98 Å². The molecule has 0 fully saturated rings. The maximum Gasteiger partial charge on any atom is 0.332 e. The van der Waals surface area contributed by atoms with Crippen molar-refractivity contribution in [3.8, 4) is 5.88 Å². The summed E-state index contributed by atoms with van der Waals surface area (Å²) in [7, 11) is 0. The topological polar surface area (TPSA) is 65.3 Å². The first-order chi connectivity index (χ1) is 9.08. The lowest BCUT2D eigenvalue weighted by Gasteiger charge is -2.07. The minimum atomic E-state index is -0.542. The molecule has 98 valence electrons. The maximum atomic E-state index is 10.9. The van der Waals surface area contributed by atoms with Crippen LogP contribution < -0.4 is 4.74 Å². The number of ether oxygens (including phenoxy) is 1. The number of rotatable bonds is 4. The molecule has 2 aromatic rings. The molecule has 0 radical (unpaired) electrons. The zero-order valence-electron chi connectivity index (χ0n) is 9.55. The van der Waals surface area contributed by atoms with E-state index in [4.69, 9.17) is 16.3 Å². The first-order valence-corrected chi connectivity index (χ1v) is 6.41. The van der Waals surface area contributed by atoms with E-state index < -0.39 is 4.92 Å². The zero-order chi connectivity index (χ0) is 13.8. The summed E-state index contributed by atoms with van der Waals surface area (Å²) < 4.78 is 5.88. The van der Waals surface area contributed by atoms with Crippen molar-refractivity contribution in [1.82, 2.24) is 4.98 Å². The molecule has 0 amide bonds. The molecule has 19 heavy (non-hydrogen) atoms. The summed E-state index contributed by atoms with van der Waals surface area (Å²) in [4.78, 5) is 14.2. The summed E-state index contributed by atoms with van der Waals surface area (Å²) in [5, 5.41) is 11.4. The van der Waals surface area contributed by atoms with Gasteiger partial charge < -0.3 is 4.74 Å². The van der Waals surface area contributed by atoms with Gasteiger partial charge in [-0.05, 0) is 22.0 Å². The van der Waals surface area contributed by atoms with Gasteiger partial charge >= 0.3 is 5.69 Å². The number of nitrogens with zero attached hydrogens (tertiary/aromatic N) is 2. The van der Waals surface area contributed by atoms with Crippen LogP contribution in [0.4, 0.5) is 5.69 Å². The molecule has 5 nitrogen and oxygen atoms in total. The van der Waals surface area contributed by atoms with Crippen molar-refractivity contribution in [2.75, 3.05) is 0 Å². The predicted molar refractivity (Wildman–Crippen MR) is 74.4 cm³/mol. The molecule has 2 rings (SSSR count). The molecule has 0 saturated heterocycles. The fraction of sp³-hybridized carbons (Fsp3) is 0.0833. The van der Waals surface area contributed by atoms with Gasteiger partial charge in [-0.3, -0.25) is 10.1 Å². The van der Waals surface area contributed by atoms with Crippen LogP contribution in [0.25, 0.3) is 0 Å². The van der Waals surface area contributed by atoms with Crippen LogP contribution in [0.3, 0.4) is 0 Å². The lowest BCUT2D eigenvalue weighted by molar-refractivity contribution is -0.386. The summed E-state index contributed by atoms with van der Waals surface area (Å²) in [6, 6.07) is 8.46. The van der Waals surface area contributed by atoms with Crippen LogP contribution in [0.1, 0.15) is 5.56 Å². The summed E-state index contributed by atoms with van der Waals surface area (Å²) in [5.74, 6) is -0.0341. The Labute approximate surface area is 122 Å². The lowest BCUT2D eigenvalue weighted by atomic mass is 10.2. The number of hydrogen-bond donors (Lipinski definition) is 0. The van der Waals surface area contributed by atoms with Gasteiger partial charge in [0.1, 0.15) is 6.61 Å². The molecule has 0 aliphatic rings. The van der Waals surface area contributed by atoms with Crippen molar-refractivity contribution >= 4 is 33.2 Å². The summed E-state index contributed by atoms with van der Waals surface area (Å²) in [6.45, 7) is 0.120. The van der Waals surface area contributed by atoms with E-state index in [1.54, 1.807) is 18.2 Å². The second kappa shape index (κ2) is 5.99. The normalized spacial score (nSPS) is 10.2. The first-order valence-electron chi connectivity index (χ1n) is 5.24. The predicted octanol–water partition coefficient (Wildman–Crippen LogP) is 3.98. The molecule has 1 aromatic carbocycles. The van der Waals surface area contributed by atoms with Crippen molar-refractivity contribution in [3.05, 3.63) is 61.7 Å². The average Bonchev–Trinajstić information content (AvgIpc) is 2.38. The number of hydrogen-bond acceptors (Lipinski definition) is 4. The quantitative estimate of drug-likeness (QED) is 0.622. The Morgan fingerprint density at radius 1 is 1.42 bits per heavy atom. The highest BCUT2D eigenvalue weighted by atomic mass is 79.9. The third kappa shape index (κ3) is 3.42. The molecule has 0 N–H and O–H groups in total. The van der Waals surface area contributed by atoms with Gasteiger partial charge in [-0.15, -0.1) is 0 Å². The fourth-order valence-corrected chi connectivity index (χ4v) is 1.93. The van der Waals surface area contributed by atoms with Crippen LogP contribution in [0.15, 0.2) is 41.0 Å². The Morgan fingerprint density at radius 2 is 2.16 bits per heavy atom. The third-order valence-corrected chi connectivity index (χ3v) is 3.12. The van der Waals surface area contributed by atoms with Crippen LogP contribution in [0.5, 0.6) is 5.88 Å². The summed E-state index contributed by atoms with van der Waals surface area (Å²) in [5.41, 5.74) is 0.546. The molecule has 0 spiro atoms. The molecule has 0 unspecified atom stereocenters. The highest BCUT2D eigenvalue weighted by molar-refractivity contribution is 9.10. The van der Waals surface area contributed by atoms with Gasteiger partial charge in [-0.2, -0.15) is 0 Å². The Bertz CT molecular complexity index is 622. The van der Waals surface area contributed by atoms with Crippen LogP contribution in [-0.4, -0.2) is 9.91 Å². The average molecular weight is 344 g/mol. The number of benzene rings is 1. The van der Waals surface area contributed by atoms with Crippen molar-refractivity contribution in [2.45, 2.75) is 6.61 Å². The van der Waals surface area contributed by atoms with E-state index in [-0.39, 0.29) is 18.2 Å². The number of pyridine rings is 1. The van der Waals surface area contributed by atoms with Crippen molar-refractivity contribution < 1.29 is 9.66 Å². The van der Waals surface area contributed by atoms with E-state index in [1.165, 1.54) is 12.3 Å². The molecule has 0 bridgehead atoms. The van der Waals surface area contributed by atoms with Crippen LogP contribution in [0.2, 0.25) is 5.02 Å². The van der Waals surface area contributed by atoms with E-state index >= 15 is 0 Å². The highest BCUT2D eigenvalue weighted by Gasteiger charge is 2.17. The summed E-state index contributed by atoms with van der Waals surface area (Å²) in [6.07, 6.45) is 1.44. The fourth-order valence-electron chi connectivity index (χ4n) is 1.42. The second-order valence-electron chi connectivity index (χ2n) is 3.62. The monoisotopic (exact) mass is 342 g/mol. The van der Waals surface area contributed by atoms with Crippen LogP contribution in [-0.2, 0) is 6.61 Å². The van der Waals surface area contributed by atoms with Crippen molar-refractivity contribution in [3.63, 3.8) is 0 Å². The van der Waals surface area contributed by atoms with Gasteiger partial charge in [0.25, 0.3) is 5.88 Å². The lowest BCUT2D eigenvalue weighted by Crippen LogP contribution is -2.01. The van der Waals surface area contributed by atoms with Crippen LogP contribution in [0, 0.1) is 10.1 Å². The molecule has 0 aliphatic carbocycles. The van der Waals surface area contributed by atoms with Crippen LogP contribution >= 0.6 is 27.5 Å². The number of nitro groups is 1. The Morgan fingerprint density at radius 3 is 2.84 bits per heavy atom. The molecule has 7 heteroatoms. The SMILES string of the molecule is O=[N+]([O-])c1cc(Br)cnc1OCc1ccccc1Cl. The van der Waals surface area contributed by atoms with Gasteiger partial charge in [-0.1, -0.05) is 29.8 Å². The third-order valence-electron chi connectivity index (χ3n) is 2.32. The number of halogens is 2. The van der Waals surface area contributed by atoms with E-state index in [9.17, 15) is 10.1 Å². The standard InChI is InChI=1S/C12H8BrClN2O3/c13-9-5-11(16(17)18)12(15-6-9)19-7-8-3-1-2-4-10(8)14/h1-6H,7H2.